The van der Waals surface area contributed by atoms with E-state index in [0.29, 0.717) is 11.5 Å². The molecule has 0 aliphatic rings. The van der Waals surface area contributed by atoms with Crippen LogP contribution >= 0.6 is 11.8 Å². The molecule has 29 heavy (non-hydrogen) atoms. The third-order valence-corrected chi connectivity index (χ3v) is 5.94. The van der Waals surface area contributed by atoms with Crippen molar-refractivity contribution < 1.29 is 4.79 Å². The molecule has 0 aliphatic heterocycles. The van der Waals surface area contributed by atoms with E-state index in [1.807, 2.05) is 43.3 Å². The number of hydrogen-bond acceptors (Lipinski definition) is 4. The van der Waals surface area contributed by atoms with Gasteiger partial charge >= 0.3 is 0 Å². The van der Waals surface area contributed by atoms with Gasteiger partial charge < -0.3 is 5.32 Å². The Morgan fingerprint density at radius 3 is 2.21 bits per heavy atom. The standard InChI is InChI=1S/C24H27N3OS/c1-16(2)18(4)25-24(28)21-11-7-19(8-12-21)15-29-23-14-13-22(26-27-23)20-9-5-17(3)6-10-20/h5-14,16,18H,15H2,1-4H3,(H,25,28)/t18-/m0/s1. The van der Waals surface area contributed by atoms with Gasteiger partial charge in [0, 0.05) is 22.9 Å². The van der Waals surface area contributed by atoms with E-state index in [2.05, 4.69) is 60.6 Å². The van der Waals surface area contributed by atoms with Crippen LogP contribution in [0.2, 0.25) is 0 Å². The number of amides is 1. The Morgan fingerprint density at radius 1 is 0.931 bits per heavy atom. The van der Waals surface area contributed by atoms with Crippen molar-refractivity contribution in [3.63, 3.8) is 0 Å². The number of aromatic nitrogens is 2. The van der Waals surface area contributed by atoms with Crippen LogP contribution in [0.25, 0.3) is 11.3 Å². The van der Waals surface area contributed by atoms with E-state index in [9.17, 15) is 4.79 Å². The summed E-state index contributed by atoms with van der Waals surface area (Å²) in [4.78, 5) is 12.3. The minimum atomic E-state index is -0.0250. The number of carbonyl (C=O) groups is 1. The second-order valence-corrected chi connectivity index (χ2v) is 8.61. The molecule has 0 unspecified atom stereocenters. The van der Waals surface area contributed by atoms with Crippen LogP contribution in [-0.2, 0) is 5.75 Å². The number of nitrogens with zero attached hydrogens (tertiary/aromatic N) is 2. The van der Waals surface area contributed by atoms with Crippen LogP contribution in [0.4, 0.5) is 0 Å². The second-order valence-electron chi connectivity index (χ2n) is 7.61. The third kappa shape index (κ3) is 5.91. The van der Waals surface area contributed by atoms with Crippen molar-refractivity contribution in [3.05, 3.63) is 77.4 Å². The average Bonchev–Trinajstić information content (AvgIpc) is 2.73. The minimum Gasteiger partial charge on any atom is -0.349 e. The number of rotatable bonds is 7. The van der Waals surface area contributed by atoms with Gasteiger partial charge in [0.15, 0.2) is 0 Å². The van der Waals surface area contributed by atoms with Crippen molar-refractivity contribution in [3.8, 4) is 11.3 Å². The second kappa shape index (κ2) is 9.70. The molecule has 3 rings (SSSR count). The fourth-order valence-electron chi connectivity index (χ4n) is 2.64. The maximum absolute atomic E-state index is 12.3. The minimum absolute atomic E-state index is 0.0250. The molecule has 1 heterocycles. The van der Waals surface area contributed by atoms with E-state index in [-0.39, 0.29) is 11.9 Å². The van der Waals surface area contributed by atoms with Crippen LogP contribution in [0.15, 0.2) is 65.7 Å². The van der Waals surface area contributed by atoms with Gasteiger partial charge in [-0.15, -0.1) is 10.2 Å². The summed E-state index contributed by atoms with van der Waals surface area (Å²) < 4.78 is 0. The number of hydrogen-bond donors (Lipinski definition) is 1. The summed E-state index contributed by atoms with van der Waals surface area (Å²) in [7, 11) is 0. The SMILES string of the molecule is Cc1ccc(-c2ccc(SCc3ccc(C(=O)N[C@@H](C)C(C)C)cc3)nn2)cc1. The van der Waals surface area contributed by atoms with Gasteiger partial charge in [0.2, 0.25) is 0 Å². The highest BCUT2D eigenvalue weighted by molar-refractivity contribution is 7.98. The Labute approximate surface area is 177 Å². The van der Waals surface area contributed by atoms with Crippen LogP contribution in [0.3, 0.4) is 0 Å². The fraction of sp³-hybridized carbons (Fsp3) is 0.292. The van der Waals surface area contributed by atoms with Crippen molar-refractivity contribution >= 4 is 17.7 Å². The van der Waals surface area contributed by atoms with Crippen LogP contribution in [0.5, 0.6) is 0 Å². The number of carbonyl (C=O) groups excluding carboxylic acids is 1. The Morgan fingerprint density at radius 2 is 1.62 bits per heavy atom. The van der Waals surface area contributed by atoms with Crippen molar-refractivity contribution in [1.29, 1.82) is 0 Å². The molecule has 1 N–H and O–H groups in total. The van der Waals surface area contributed by atoms with E-state index in [1.165, 1.54) is 5.56 Å². The highest BCUT2D eigenvalue weighted by Crippen LogP contribution is 2.23. The molecule has 0 saturated carbocycles. The highest BCUT2D eigenvalue weighted by Gasteiger charge is 2.12. The van der Waals surface area contributed by atoms with Crippen LogP contribution in [0.1, 0.15) is 42.3 Å². The number of nitrogens with one attached hydrogen (secondary N) is 1. The summed E-state index contributed by atoms with van der Waals surface area (Å²) in [6, 6.07) is 20.2. The lowest BCUT2D eigenvalue weighted by Gasteiger charge is -2.17. The lowest BCUT2D eigenvalue weighted by atomic mass is 10.1. The van der Waals surface area contributed by atoms with Gasteiger partial charge in [0.25, 0.3) is 5.91 Å². The summed E-state index contributed by atoms with van der Waals surface area (Å²) in [6.07, 6.45) is 0. The summed E-state index contributed by atoms with van der Waals surface area (Å²) in [5, 5.41) is 12.6. The Kier molecular flexibility index (Phi) is 7.04. The monoisotopic (exact) mass is 405 g/mol. The normalized spacial score (nSPS) is 12.0. The molecule has 0 fully saturated rings. The summed E-state index contributed by atoms with van der Waals surface area (Å²) in [6.45, 7) is 8.29. The molecule has 2 aromatic carbocycles. The molecule has 1 atom stereocenters. The summed E-state index contributed by atoms with van der Waals surface area (Å²) >= 11 is 1.63. The first kappa shape index (κ1) is 21.1. The van der Waals surface area contributed by atoms with Crippen molar-refractivity contribution in [2.45, 2.75) is 44.5 Å². The maximum atomic E-state index is 12.3. The van der Waals surface area contributed by atoms with E-state index in [0.717, 1.165) is 27.6 Å². The van der Waals surface area contributed by atoms with Gasteiger partial charge in [-0.2, -0.15) is 0 Å². The van der Waals surface area contributed by atoms with Crippen LogP contribution in [-0.4, -0.2) is 22.1 Å². The smallest absolute Gasteiger partial charge is 0.251 e. The first-order valence-corrected chi connectivity index (χ1v) is 10.8. The van der Waals surface area contributed by atoms with Gasteiger partial charge in [-0.1, -0.05) is 67.6 Å². The largest absolute Gasteiger partial charge is 0.349 e. The molecule has 1 amide bonds. The van der Waals surface area contributed by atoms with Crippen molar-refractivity contribution in [2.24, 2.45) is 5.92 Å². The predicted octanol–water partition coefficient (Wildman–Crippen LogP) is 5.52. The quantitative estimate of drug-likeness (QED) is 0.526. The Bertz CT molecular complexity index is 935. The highest BCUT2D eigenvalue weighted by atomic mass is 32.2. The van der Waals surface area contributed by atoms with E-state index >= 15 is 0 Å². The van der Waals surface area contributed by atoms with Gasteiger partial charge in [0.05, 0.1) is 5.69 Å². The number of aryl methyl sites for hydroxylation is 1. The molecule has 0 saturated heterocycles. The van der Waals surface area contributed by atoms with E-state index < -0.39 is 0 Å². The molecule has 0 aliphatic carbocycles. The van der Waals surface area contributed by atoms with E-state index in [1.54, 1.807) is 11.8 Å². The van der Waals surface area contributed by atoms with Crippen LogP contribution in [0, 0.1) is 12.8 Å². The maximum Gasteiger partial charge on any atom is 0.251 e. The zero-order valence-corrected chi connectivity index (χ0v) is 18.2. The number of thioether (sulfide) groups is 1. The van der Waals surface area contributed by atoms with Crippen molar-refractivity contribution in [1.82, 2.24) is 15.5 Å². The molecule has 4 nitrogen and oxygen atoms in total. The van der Waals surface area contributed by atoms with Gasteiger partial charge in [-0.3, -0.25) is 4.79 Å². The zero-order valence-electron chi connectivity index (χ0n) is 17.3. The van der Waals surface area contributed by atoms with Gasteiger partial charge in [-0.05, 0) is 49.6 Å². The van der Waals surface area contributed by atoms with Crippen LogP contribution < -0.4 is 5.32 Å². The Hall–Kier alpha value is -2.66. The van der Waals surface area contributed by atoms with Gasteiger partial charge in [-0.25, -0.2) is 0 Å². The zero-order chi connectivity index (χ0) is 20.8. The molecular formula is C24H27N3OS. The summed E-state index contributed by atoms with van der Waals surface area (Å²) in [5.74, 6) is 1.17. The molecule has 0 radical (unpaired) electrons. The molecule has 3 aromatic rings. The third-order valence-electron chi connectivity index (χ3n) is 4.95. The lowest BCUT2D eigenvalue weighted by molar-refractivity contribution is 0.0930. The molecule has 150 valence electrons. The van der Waals surface area contributed by atoms with Gasteiger partial charge in [0.1, 0.15) is 5.03 Å². The molecule has 0 spiro atoms. The first-order valence-electron chi connectivity index (χ1n) is 9.86. The molecular weight excluding hydrogens is 378 g/mol. The first-order chi connectivity index (χ1) is 13.9. The Balaban J connectivity index is 1.56. The topological polar surface area (TPSA) is 54.9 Å². The van der Waals surface area contributed by atoms with E-state index in [4.69, 9.17) is 0 Å². The predicted molar refractivity (Wildman–Crippen MR) is 120 cm³/mol. The molecule has 0 bridgehead atoms. The molecule has 1 aromatic heterocycles. The van der Waals surface area contributed by atoms with Crippen molar-refractivity contribution in [2.75, 3.05) is 0 Å². The molecule has 5 heteroatoms. The fourth-order valence-corrected chi connectivity index (χ4v) is 3.41. The summed E-state index contributed by atoms with van der Waals surface area (Å²) in [5.41, 5.74) is 5.01. The average molecular weight is 406 g/mol. The lowest BCUT2D eigenvalue weighted by Crippen LogP contribution is -2.36. The number of benzene rings is 2.